The molecule has 0 radical (unpaired) electrons. The van der Waals surface area contributed by atoms with Gasteiger partial charge in [0, 0.05) is 22.9 Å². The normalized spacial score (nSPS) is 11.7. The summed E-state index contributed by atoms with van der Waals surface area (Å²) < 4.78 is 36.5. The van der Waals surface area contributed by atoms with Crippen molar-refractivity contribution in [1.82, 2.24) is 5.32 Å². The van der Waals surface area contributed by atoms with Crippen molar-refractivity contribution in [2.75, 3.05) is 0 Å². The van der Waals surface area contributed by atoms with Crippen LogP contribution in [-0.4, -0.2) is 5.51 Å². The summed E-state index contributed by atoms with van der Waals surface area (Å²) in [6.45, 7) is 1.42. The van der Waals surface area contributed by atoms with Gasteiger partial charge in [-0.15, -0.1) is 11.3 Å². The van der Waals surface area contributed by atoms with E-state index >= 15 is 0 Å². The Morgan fingerprint density at radius 3 is 2.37 bits per heavy atom. The quantitative estimate of drug-likeness (QED) is 0.807. The molecule has 0 aliphatic carbocycles. The Balaban J connectivity index is 1.81. The molecule has 1 aromatic heterocycles. The predicted octanol–water partition coefficient (Wildman–Crippen LogP) is 4.65. The van der Waals surface area contributed by atoms with E-state index in [4.69, 9.17) is 0 Å². The maximum Gasteiger partial charge on any atom is 0.446 e. The van der Waals surface area contributed by atoms with Gasteiger partial charge in [0.2, 0.25) is 0 Å². The number of nitrogens with one attached hydrogen (secondary N) is 1. The highest BCUT2D eigenvalue weighted by atomic mass is 32.2. The average molecular weight is 303 g/mol. The monoisotopic (exact) mass is 303 g/mol. The molecule has 6 heteroatoms. The molecule has 102 valence electrons. The van der Waals surface area contributed by atoms with Crippen molar-refractivity contribution in [1.29, 1.82) is 0 Å². The second kappa shape index (κ2) is 6.45. The van der Waals surface area contributed by atoms with Crippen LogP contribution < -0.4 is 5.32 Å². The Kier molecular flexibility index (Phi) is 4.90. The first-order chi connectivity index (χ1) is 9.03. The number of hydrogen-bond donors (Lipinski definition) is 1. The molecule has 2 rings (SSSR count). The molecule has 19 heavy (non-hydrogen) atoms. The van der Waals surface area contributed by atoms with Gasteiger partial charge in [0.05, 0.1) is 0 Å². The van der Waals surface area contributed by atoms with Gasteiger partial charge in [-0.25, -0.2) is 0 Å². The molecule has 1 heterocycles. The minimum Gasteiger partial charge on any atom is -0.308 e. The zero-order valence-corrected chi connectivity index (χ0v) is 11.5. The molecule has 2 aromatic rings. The van der Waals surface area contributed by atoms with Crippen molar-refractivity contribution >= 4 is 23.1 Å². The van der Waals surface area contributed by atoms with Gasteiger partial charge in [-0.2, -0.15) is 13.2 Å². The highest BCUT2D eigenvalue weighted by Crippen LogP contribution is 2.36. The van der Waals surface area contributed by atoms with Gasteiger partial charge in [0.25, 0.3) is 0 Å². The van der Waals surface area contributed by atoms with Gasteiger partial charge in [0.1, 0.15) is 0 Å². The molecule has 1 nitrogen and oxygen atoms in total. The van der Waals surface area contributed by atoms with E-state index in [0.29, 0.717) is 6.54 Å². The third-order valence-electron chi connectivity index (χ3n) is 2.37. The van der Waals surface area contributed by atoms with Gasteiger partial charge in [-0.1, -0.05) is 18.2 Å². The fourth-order valence-corrected chi connectivity index (χ4v) is 2.77. The molecule has 0 unspecified atom stereocenters. The number of halogens is 3. The van der Waals surface area contributed by atoms with Crippen molar-refractivity contribution < 1.29 is 13.2 Å². The zero-order valence-electron chi connectivity index (χ0n) is 9.91. The second-order valence-corrected chi connectivity index (χ2v) is 6.05. The average Bonchev–Trinajstić information content (AvgIpc) is 2.82. The van der Waals surface area contributed by atoms with Gasteiger partial charge in [0.15, 0.2) is 0 Å². The zero-order chi connectivity index (χ0) is 13.7. The lowest BCUT2D eigenvalue weighted by Gasteiger charge is -2.07. The van der Waals surface area contributed by atoms with Gasteiger partial charge >= 0.3 is 5.51 Å². The Hall–Kier alpha value is -0.980. The van der Waals surface area contributed by atoms with E-state index in [2.05, 4.69) is 5.32 Å². The SMILES string of the molecule is FC(F)(F)Sc1ccc(CNCc2cccs2)cc1. The summed E-state index contributed by atoms with van der Waals surface area (Å²) in [7, 11) is 0. The first-order valence-electron chi connectivity index (χ1n) is 5.61. The lowest BCUT2D eigenvalue weighted by atomic mass is 10.2. The van der Waals surface area contributed by atoms with E-state index in [1.807, 2.05) is 17.5 Å². The highest BCUT2D eigenvalue weighted by Gasteiger charge is 2.28. The molecule has 0 bridgehead atoms. The predicted molar refractivity (Wildman–Crippen MR) is 73.2 cm³/mol. The standard InChI is InChI=1S/C13H12F3NS2/c14-13(15,16)19-11-5-3-10(4-6-11)8-17-9-12-2-1-7-18-12/h1-7,17H,8-9H2. The summed E-state index contributed by atoms with van der Waals surface area (Å²) >= 11 is 1.59. The molecule has 1 N–H and O–H groups in total. The molecule has 0 atom stereocenters. The first-order valence-corrected chi connectivity index (χ1v) is 7.30. The van der Waals surface area contributed by atoms with Gasteiger partial charge < -0.3 is 5.32 Å². The smallest absolute Gasteiger partial charge is 0.308 e. The Bertz CT molecular complexity index is 492. The van der Waals surface area contributed by atoms with E-state index in [9.17, 15) is 13.2 Å². The molecule has 0 saturated carbocycles. The third kappa shape index (κ3) is 5.26. The van der Waals surface area contributed by atoms with E-state index in [1.54, 1.807) is 23.5 Å². The van der Waals surface area contributed by atoms with E-state index < -0.39 is 5.51 Å². The summed E-state index contributed by atoms with van der Waals surface area (Å²) in [5.41, 5.74) is -3.25. The summed E-state index contributed by atoms with van der Waals surface area (Å²) in [5, 5.41) is 5.27. The largest absolute Gasteiger partial charge is 0.446 e. The van der Waals surface area contributed by atoms with Gasteiger partial charge in [-0.3, -0.25) is 0 Å². The maximum atomic E-state index is 12.2. The van der Waals surface area contributed by atoms with Crippen LogP contribution in [0, 0.1) is 0 Å². The van der Waals surface area contributed by atoms with E-state index in [0.717, 1.165) is 12.1 Å². The van der Waals surface area contributed by atoms with Crippen molar-refractivity contribution in [3.63, 3.8) is 0 Å². The summed E-state index contributed by atoms with van der Waals surface area (Å²) in [6, 6.07) is 10.5. The maximum absolute atomic E-state index is 12.2. The van der Waals surface area contributed by atoms with E-state index in [1.165, 1.54) is 17.0 Å². The summed E-state index contributed by atoms with van der Waals surface area (Å²) in [6.07, 6.45) is 0. The molecule has 0 fully saturated rings. The fraction of sp³-hybridized carbons (Fsp3) is 0.231. The Morgan fingerprint density at radius 2 is 1.79 bits per heavy atom. The van der Waals surface area contributed by atoms with Crippen molar-refractivity contribution in [2.24, 2.45) is 0 Å². The van der Waals surface area contributed by atoms with Crippen molar-refractivity contribution in [2.45, 2.75) is 23.5 Å². The summed E-state index contributed by atoms with van der Waals surface area (Å²) in [5.74, 6) is 0. The van der Waals surface area contributed by atoms with Crippen LogP contribution in [0.4, 0.5) is 13.2 Å². The number of thioether (sulfide) groups is 1. The lowest BCUT2D eigenvalue weighted by molar-refractivity contribution is -0.0328. The molecule has 0 spiro atoms. The molecule has 0 aliphatic rings. The Morgan fingerprint density at radius 1 is 1.05 bits per heavy atom. The molecule has 1 aromatic carbocycles. The minimum atomic E-state index is -4.22. The highest BCUT2D eigenvalue weighted by molar-refractivity contribution is 8.00. The number of benzene rings is 1. The van der Waals surface area contributed by atoms with Crippen molar-refractivity contribution in [3.8, 4) is 0 Å². The van der Waals surface area contributed by atoms with Crippen LogP contribution in [0.1, 0.15) is 10.4 Å². The van der Waals surface area contributed by atoms with Crippen LogP contribution in [-0.2, 0) is 13.1 Å². The number of rotatable bonds is 5. The van der Waals surface area contributed by atoms with Crippen LogP contribution in [0.2, 0.25) is 0 Å². The second-order valence-electron chi connectivity index (χ2n) is 3.87. The number of alkyl halides is 3. The third-order valence-corrected chi connectivity index (χ3v) is 3.98. The van der Waals surface area contributed by atoms with Gasteiger partial charge in [-0.05, 0) is 40.9 Å². The van der Waals surface area contributed by atoms with Crippen LogP contribution in [0.5, 0.6) is 0 Å². The lowest BCUT2D eigenvalue weighted by Crippen LogP contribution is -2.11. The topological polar surface area (TPSA) is 12.0 Å². The molecule has 0 aliphatic heterocycles. The molecular weight excluding hydrogens is 291 g/mol. The fourth-order valence-electron chi connectivity index (χ4n) is 1.55. The number of thiophene rings is 1. The molecular formula is C13H12F3NS2. The Labute approximate surface area is 117 Å². The molecule has 0 amide bonds. The van der Waals surface area contributed by atoms with Crippen LogP contribution in [0.15, 0.2) is 46.7 Å². The minimum absolute atomic E-state index is 0.0874. The number of hydrogen-bond acceptors (Lipinski definition) is 3. The first kappa shape index (κ1) is 14.4. The van der Waals surface area contributed by atoms with Crippen LogP contribution in [0.3, 0.4) is 0 Å². The molecule has 0 saturated heterocycles. The van der Waals surface area contributed by atoms with E-state index in [-0.39, 0.29) is 16.7 Å². The van der Waals surface area contributed by atoms with Crippen molar-refractivity contribution in [3.05, 3.63) is 52.2 Å². The van der Waals surface area contributed by atoms with Crippen LogP contribution in [0.25, 0.3) is 0 Å². The summed E-state index contributed by atoms with van der Waals surface area (Å²) in [4.78, 5) is 1.46. The van der Waals surface area contributed by atoms with Crippen LogP contribution >= 0.6 is 23.1 Å².